The van der Waals surface area contributed by atoms with E-state index in [9.17, 15) is 14.4 Å². The van der Waals surface area contributed by atoms with Crippen molar-refractivity contribution in [3.05, 3.63) is 75.5 Å². The number of ether oxygens (including phenoxy) is 3. The van der Waals surface area contributed by atoms with Gasteiger partial charge in [0.05, 0.1) is 24.3 Å². The summed E-state index contributed by atoms with van der Waals surface area (Å²) in [7, 11) is 0. The topological polar surface area (TPSA) is 109 Å². The van der Waals surface area contributed by atoms with E-state index in [0.717, 1.165) is 21.6 Å². The van der Waals surface area contributed by atoms with Crippen molar-refractivity contribution in [3.63, 3.8) is 0 Å². The van der Waals surface area contributed by atoms with Gasteiger partial charge in [0, 0.05) is 10.8 Å². The second-order valence-electron chi connectivity index (χ2n) is 7.67. The first kappa shape index (κ1) is 24.9. The van der Waals surface area contributed by atoms with Crippen molar-refractivity contribution in [1.29, 1.82) is 0 Å². The zero-order valence-corrected chi connectivity index (χ0v) is 20.9. The number of nitrogens with one attached hydrogen (secondary N) is 1. The average molecular weight is 508 g/mol. The van der Waals surface area contributed by atoms with Crippen LogP contribution in [0.4, 0.5) is 5.00 Å². The van der Waals surface area contributed by atoms with E-state index >= 15 is 0 Å². The highest BCUT2D eigenvalue weighted by atomic mass is 32.1. The molecule has 186 valence electrons. The van der Waals surface area contributed by atoms with E-state index in [1.165, 1.54) is 0 Å². The van der Waals surface area contributed by atoms with E-state index in [-0.39, 0.29) is 24.3 Å². The number of amides is 1. The summed E-state index contributed by atoms with van der Waals surface area (Å²) in [6.07, 6.45) is 0. The summed E-state index contributed by atoms with van der Waals surface area (Å²) in [5, 5.41) is 9.41. The molecule has 0 aliphatic rings. The maximum atomic E-state index is 13.5. The van der Waals surface area contributed by atoms with Crippen molar-refractivity contribution >= 4 is 39.0 Å². The van der Waals surface area contributed by atoms with E-state index in [2.05, 4.69) is 10.4 Å². The van der Waals surface area contributed by atoms with Gasteiger partial charge in [-0.1, -0.05) is 18.2 Å². The van der Waals surface area contributed by atoms with E-state index in [1.54, 1.807) is 42.6 Å². The Morgan fingerprint density at radius 1 is 1.03 bits per heavy atom. The Bertz CT molecular complexity index is 1460. The number of benzene rings is 2. The Labute approximate surface area is 211 Å². The first-order valence-electron chi connectivity index (χ1n) is 11.4. The van der Waals surface area contributed by atoms with Gasteiger partial charge in [-0.05, 0) is 56.7 Å². The van der Waals surface area contributed by atoms with Crippen LogP contribution in [0.3, 0.4) is 0 Å². The number of hydrogen-bond acceptors (Lipinski definition) is 8. The molecule has 0 bridgehead atoms. The highest BCUT2D eigenvalue weighted by molar-refractivity contribution is 7.16. The molecule has 0 atom stereocenters. The molecule has 0 saturated carbocycles. The van der Waals surface area contributed by atoms with Crippen molar-refractivity contribution in [2.45, 2.75) is 20.8 Å². The van der Waals surface area contributed by atoms with Gasteiger partial charge in [-0.15, -0.1) is 11.3 Å². The van der Waals surface area contributed by atoms with Gasteiger partial charge in [0.15, 0.2) is 12.3 Å². The van der Waals surface area contributed by atoms with Gasteiger partial charge in [0.2, 0.25) is 0 Å². The van der Waals surface area contributed by atoms with Gasteiger partial charge < -0.3 is 19.5 Å². The Morgan fingerprint density at radius 3 is 2.47 bits per heavy atom. The normalized spacial score (nSPS) is 10.8. The monoisotopic (exact) mass is 507 g/mol. The lowest BCUT2D eigenvalue weighted by Gasteiger charge is -2.11. The fraction of sp³-hybridized carbons (Fsp3) is 0.231. The molecule has 4 rings (SSSR count). The molecular formula is C26H25N3O6S. The van der Waals surface area contributed by atoms with E-state index < -0.39 is 17.4 Å². The lowest BCUT2D eigenvalue weighted by molar-refractivity contribution is -0.118. The molecule has 0 unspecified atom stereocenters. The number of esters is 1. The predicted octanol–water partition coefficient (Wildman–Crippen LogP) is 4.35. The standard InChI is InChI=1S/C26H25N3O6S/c1-4-33-18-12-10-17(11-13-18)29-25(31)22-19(23(28-29)26(32)34-5-2)15-36-24(22)27-21(30)14-35-20-9-7-6-8-16(20)3/h6-13,15H,4-5,14H2,1-3H3,(H,27,30). The van der Waals surface area contributed by atoms with Crippen LogP contribution in [0.5, 0.6) is 11.5 Å². The first-order chi connectivity index (χ1) is 17.4. The minimum Gasteiger partial charge on any atom is -0.494 e. The summed E-state index contributed by atoms with van der Waals surface area (Å²) < 4.78 is 17.4. The summed E-state index contributed by atoms with van der Waals surface area (Å²) in [5.41, 5.74) is 0.823. The highest BCUT2D eigenvalue weighted by Gasteiger charge is 2.23. The fourth-order valence-electron chi connectivity index (χ4n) is 3.54. The van der Waals surface area contributed by atoms with Gasteiger partial charge in [0.1, 0.15) is 16.5 Å². The van der Waals surface area contributed by atoms with Crippen LogP contribution in [0.2, 0.25) is 0 Å². The van der Waals surface area contributed by atoms with Crippen LogP contribution in [-0.2, 0) is 9.53 Å². The third-order valence-corrected chi connectivity index (χ3v) is 6.11. The molecule has 9 nitrogen and oxygen atoms in total. The Hall–Kier alpha value is -4.18. The number of rotatable bonds is 9. The second-order valence-corrected chi connectivity index (χ2v) is 8.55. The van der Waals surface area contributed by atoms with Gasteiger partial charge in [0.25, 0.3) is 11.5 Å². The third kappa shape index (κ3) is 5.23. The molecule has 2 aromatic carbocycles. The highest BCUT2D eigenvalue weighted by Crippen LogP contribution is 2.31. The number of carbonyl (C=O) groups is 2. The lowest BCUT2D eigenvalue weighted by Crippen LogP contribution is -2.26. The smallest absolute Gasteiger partial charge is 0.359 e. The van der Waals surface area contributed by atoms with Crippen molar-refractivity contribution in [2.75, 3.05) is 25.1 Å². The molecule has 0 spiro atoms. The molecule has 10 heteroatoms. The molecule has 2 heterocycles. The van der Waals surface area contributed by atoms with Crippen molar-refractivity contribution in [1.82, 2.24) is 9.78 Å². The summed E-state index contributed by atoms with van der Waals surface area (Å²) in [6, 6.07) is 14.1. The van der Waals surface area contributed by atoms with Gasteiger partial charge in [-0.2, -0.15) is 9.78 Å². The number of thiophene rings is 1. The second kappa shape index (κ2) is 11.0. The van der Waals surface area contributed by atoms with E-state index in [1.807, 2.05) is 32.0 Å². The maximum absolute atomic E-state index is 13.5. The van der Waals surface area contributed by atoms with Crippen LogP contribution in [0.15, 0.2) is 58.7 Å². The van der Waals surface area contributed by atoms with Gasteiger partial charge >= 0.3 is 5.97 Å². The SMILES string of the molecule is CCOC(=O)c1nn(-c2ccc(OCC)cc2)c(=O)c2c(NC(=O)COc3ccccc3C)scc12. The number of nitrogens with zero attached hydrogens (tertiary/aromatic N) is 2. The van der Waals surface area contributed by atoms with Gasteiger partial charge in [-0.3, -0.25) is 9.59 Å². The van der Waals surface area contributed by atoms with Crippen LogP contribution in [0, 0.1) is 6.92 Å². The lowest BCUT2D eigenvalue weighted by atomic mass is 10.2. The number of anilines is 1. The average Bonchev–Trinajstić information content (AvgIpc) is 3.29. The number of fused-ring (bicyclic) bond motifs is 1. The van der Waals surface area contributed by atoms with Crippen LogP contribution in [0.25, 0.3) is 16.5 Å². The molecule has 1 amide bonds. The Balaban J connectivity index is 1.71. The van der Waals surface area contributed by atoms with Crippen LogP contribution in [0.1, 0.15) is 29.9 Å². The zero-order valence-electron chi connectivity index (χ0n) is 20.1. The number of aryl methyl sites for hydroxylation is 1. The molecule has 2 aromatic heterocycles. The van der Waals surface area contributed by atoms with Gasteiger partial charge in [-0.25, -0.2) is 4.79 Å². The van der Waals surface area contributed by atoms with Crippen LogP contribution >= 0.6 is 11.3 Å². The van der Waals surface area contributed by atoms with Crippen LogP contribution < -0.4 is 20.3 Å². The molecule has 0 fully saturated rings. The number of para-hydroxylation sites is 1. The summed E-state index contributed by atoms with van der Waals surface area (Å²) in [4.78, 5) is 38.9. The number of carbonyl (C=O) groups excluding carboxylic acids is 2. The molecule has 0 radical (unpaired) electrons. The number of aromatic nitrogens is 2. The summed E-state index contributed by atoms with van der Waals surface area (Å²) >= 11 is 1.12. The maximum Gasteiger partial charge on any atom is 0.359 e. The fourth-order valence-corrected chi connectivity index (χ4v) is 4.49. The van der Waals surface area contributed by atoms with Crippen molar-refractivity contribution in [3.8, 4) is 17.2 Å². The molecular weight excluding hydrogens is 482 g/mol. The van der Waals surface area contributed by atoms with E-state index in [4.69, 9.17) is 14.2 Å². The predicted molar refractivity (Wildman–Crippen MR) is 138 cm³/mol. The molecule has 36 heavy (non-hydrogen) atoms. The summed E-state index contributed by atoms with van der Waals surface area (Å²) in [6.45, 7) is 5.85. The number of hydrogen-bond donors (Lipinski definition) is 1. The molecule has 0 aliphatic heterocycles. The van der Waals surface area contributed by atoms with Crippen molar-refractivity contribution < 1.29 is 23.8 Å². The minimum atomic E-state index is -0.666. The van der Waals surface area contributed by atoms with Crippen molar-refractivity contribution in [2.24, 2.45) is 0 Å². The Kier molecular flexibility index (Phi) is 7.65. The largest absolute Gasteiger partial charge is 0.494 e. The molecule has 0 aliphatic carbocycles. The van der Waals surface area contributed by atoms with Crippen LogP contribution in [-0.4, -0.2) is 41.5 Å². The third-order valence-electron chi connectivity index (χ3n) is 5.22. The first-order valence-corrected chi connectivity index (χ1v) is 12.2. The molecule has 1 N–H and O–H groups in total. The summed E-state index contributed by atoms with van der Waals surface area (Å²) in [5.74, 6) is 0.123. The minimum absolute atomic E-state index is 0.0201. The Morgan fingerprint density at radius 2 is 1.78 bits per heavy atom. The molecule has 4 aromatic rings. The quantitative estimate of drug-likeness (QED) is 0.336. The van der Waals surface area contributed by atoms with E-state index in [0.29, 0.717) is 34.2 Å². The molecule has 0 saturated heterocycles. The zero-order chi connectivity index (χ0) is 25.7.